The zero-order valence-electron chi connectivity index (χ0n) is 20.4. The molecule has 1 aliphatic rings. The van der Waals surface area contributed by atoms with Gasteiger partial charge in [0.15, 0.2) is 11.6 Å². The Labute approximate surface area is 211 Å². The van der Waals surface area contributed by atoms with Crippen molar-refractivity contribution in [3.8, 4) is 17.1 Å². The molecule has 3 heterocycles. The molecular weight excluding hydrogens is 482 g/mol. The standard InChI is InChI=1S/C26H26F2N6O3/c1-33-25-17(11-31-33)24(34-12-15(29)10-16(34)13-35)14(8-19(25)28)9-21(36)20-6-7-30-26(32-20)23-18(27)4-3-5-22(23)37-2/h3-8,11,15-16,35H,9-10,12-13,29H2,1-2H3/t15-,16-/m0/s1. The van der Waals surface area contributed by atoms with E-state index in [9.17, 15) is 14.3 Å². The lowest BCUT2D eigenvalue weighted by Gasteiger charge is -2.28. The van der Waals surface area contributed by atoms with Crippen molar-refractivity contribution in [1.29, 1.82) is 0 Å². The number of methoxy groups -OCH3 is 1. The van der Waals surface area contributed by atoms with Gasteiger partial charge in [0.1, 0.15) is 28.6 Å². The minimum absolute atomic E-state index is 0.000719. The maximum Gasteiger partial charge on any atom is 0.185 e. The van der Waals surface area contributed by atoms with Crippen LogP contribution in [0.3, 0.4) is 0 Å². The number of carbonyl (C=O) groups is 1. The normalized spacial score (nSPS) is 17.5. The highest BCUT2D eigenvalue weighted by Crippen LogP contribution is 2.37. The van der Waals surface area contributed by atoms with Gasteiger partial charge in [-0.25, -0.2) is 18.7 Å². The highest BCUT2D eigenvalue weighted by atomic mass is 19.1. The van der Waals surface area contributed by atoms with Gasteiger partial charge in [0.2, 0.25) is 0 Å². The first-order valence-corrected chi connectivity index (χ1v) is 11.8. The van der Waals surface area contributed by atoms with E-state index in [1.165, 1.54) is 42.3 Å². The van der Waals surface area contributed by atoms with Crippen molar-refractivity contribution in [3.63, 3.8) is 0 Å². The van der Waals surface area contributed by atoms with Gasteiger partial charge >= 0.3 is 0 Å². The molecule has 0 saturated carbocycles. The van der Waals surface area contributed by atoms with Crippen LogP contribution in [-0.2, 0) is 13.5 Å². The number of hydrogen-bond donors (Lipinski definition) is 2. The monoisotopic (exact) mass is 508 g/mol. The number of aromatic nitrogens is 4. The number of aliphatic hydroxyl groups excluding tert-OH is 1. The van der Waals surface area contributed by atoms with Crippen LogP contribution in [0.4, 0.5) is 14.5 Å². The van der Waals surface area contributed by atoms with Gasteiger partial charge in [-0.1, -0.05) is 6.07 Å². The molecule has 2 aromatic heterocycles. The van der Waals surface area contributed by atoms with Gasteiger partial charge < -0.3 is 20.5 Å². The predicted octanol–water partition coefficient (Wildman–Crippen LogP) is 2.64. The fourth-order valence-electron chi connectivity index (χ4n) is 5.02. The Hall–Kier alpha value is -3.96. The van der Waals surface area contributed by atoms with Gasteiger partial charge in [-0.15, -0.1) is 0 Å². The number of anilines is 1. The molecule has 2 atom stereocenters. The van der Waals surface area contributed by atoms with E-state index in [1.807, 2.05) is 4.90 Å². The lowest BCUT2D eigenvalue weighted by Crippen LogP contribution is -2.34. The summed E-state index contributed by atoms with van der Waals surface area (Å²) in [4.78, 5) is 23.8. The average Bonchev–Trinajstić information content (AvgIpc) is 3.46. The summed E-state index contributed by atoms with van der Waals surface area (Å²) in [5, 5.41) is 14.7. The maximum absolute atomic E-state index is 15.2. The summed E-state index contributed by atoms with van der Waals surface area (Å²) >= 11 is 0. The Morgan fingerprint density at radius 1 is 1.27 bits per heavy atom. The molecule has 11 heteroatoms. The Balaban J connectivity index is 1.57. The Kier molecular flexibility index (Phi) is 6.57. The average molecular weight is 509 g/mol. The van der Waals surface area contributed by atoms with Gasteiger partial charge in [-0.2, -0.15) is 5.10 Å². The number of halogens is 2. The number of aryl methyl sites for hydroxylation is 1. The number of Topliss-reactive ketones (excluding diaryl/α,β-unsaturated/α-hetero) is 1. The molecule has 0 unspecified atom stereocenters. The molecule has 5 rings (SSSR count). The molecule has 0 radical (unpaired) electrons. The highest BCUT2D eigenvalue weighted by molar-refractivity contribution is 6.01. The Morgan fingerprint density at radius 2 is 2.08 bits per heavy atom. The van der Waals surface area contributed by atoms with Crippen molar-refractivity contribution in [2.75, 3.05) is 25.2 Å². The number of carbonyl (C=O) groups excluding carboxylic acids is 1. The summed E-state index contributed by atoms with van der Waals surface area (Å²) in [6.45, 7) is 0.298. The fourth-order valence-corrected chi connectivity index (χ4v) is 5.02. The molecule has 1 fully saturated rings. The lowest BCUT2D eigenvalue weighted by molar-refractivity contribution is 0.0988. The number of nitrogens with zero attached hydrogens (tertiary/aromatic N) is 5. The van der Waals surface area contributed by atoms with E-state index in [0.29, 0.717) is 35.1 Å². The van der Waals surface area contributed by atoms with Crippen LogP contribution in [0, 0.1) is 11.6 Å². The smallest absolute Gasteiger partial charge is 0.185 e. The van der Waals surface area contributed by atoms with E-state index >= 15 is 4.39 Å². The quantitative estimate of drug-likeness (QED) is 0.366. The van der Waals surface area contributed by atoms with E-state index in [2.05, 4.69) is 15.1 Å². The third-order valence-electron chi connectivity index (χ3n) is 6.68. The van der Waals surface area contributed by atoms with E-state index in [1.54, 1.807) is 19.3 Å². The molecule has 0 bridgehead atoms. The second kappa shape index (κ2) is 9.83. The number of aliphatic hydroxyl groups is 1. The first-order valence-electron chi connectivity index (χ1n) is 11.8. The highest BCUT2D eigenvalue weighted by Gasteiger charge is 2.33. The van der Waals surface area contributed by atoms with Crippen LogP contribution in [0.25, 0.3) is 22.3 Å². The molecule has 3 N–H and O–H groups in total. The summed E-state index contributed by atoms with van der Waals surface area (Å²) < 4.78 is 36.5. The number of hydrogen-bond acceptors (Lipinski definition) is 8. The van der Waals surface area contributed by atoms with Crippen LogP contribution in [-0.4, -0.2) is 63.0 Å². The number of nitrogens with two attached hydrogens (primary N) is 1. The molecule has 0 aliphatic carbocycles. The molecule has 0 spiro atoms. The SMILES string of the molecule is COc1cccc(F)c1-c1nccc(C(=O)Cc2cc(F)c3c(cnn3C)c2N2C[C@@H](N)C[C@H]2CO)n1. The largest absolute Gasteiger partial charge is 0.496 e. The van der Waals surface area contributed by atoms with E-state index < -0.39 is 17.4 Å². The predicted molar refractivity (Wildman–Crippen MR) is 133 cm³/mol. The number of ketones is 1. The topological polar surface area (TPSA) is 119 Å². The van der Waals surface area contributed by atoms with Crippen LogP contribution < -0.4 is 15.4 Å². The minimum atomic E-state index is -0.587. The minimum Gasteiger partial charge on any atom is -0.496 e. The van der Waals surface area contributed by atoms with Crippen molar-refractivity contribution in [3.05, 3.63) is 65.6 Å². The van der Waals surface area contributed by atoms with Gasteiger partial charge in [-0.3, -0.25) is 9.48 Å². The van der Waals surface area contributed by atoms with Crippen molar-refractivity contribution < 1.29 is 23.4 Å². The summed E-state index contributed by atoms with van der Waals surface area (Å²) in [5.74, 6) is -1.29. The summed E-state index contributed by atoms with van der Waals surface area (Å²) in [6, 6.07) is 6.62. The molecular formula is C26H26F2N6O3. The van der Waals surface area contributed by atoms with Crippen molar-refractivity contribution in [2.24, 2.45) is 12.8 Å². The zero-order valence-corrected chi connectivity index (χ0v) is 20.4. The van der Waals surface area contributed by atoms with Crippen LogP contribution in [0.2, 0.25) is 0 Å². The second-order valence-corrected chi connectivity index (χ2v) is 9.06. The zero-order chi connectivity index (χ0) is 26.3. The van der Waals surface area contributed by atoms with E-state index in [-0.39, 0.29) is 47.9 Å². The fraction of sp³-hybridized carbons (Fsp3) is 0.308. The molecule has 0 amide bonds. The Bertz CT molecular complexity index is 1490. The molecule has 1 aliphatic heterocycles. The first kappa shape index (κ1) is 24.7. The summed E-state index contributed by atoms with van der Waals surface area (Å²) in [5.41, 5.74) is 7.59. The van der Waals surface area contributed by atoms with E-state index in [0.717, 1.165) is 0 Å². The van der Waals surface area contributed by atoms with Gasteiger partial charge in [0.25, 0.3) is 0 Å². The molecule has 37 heavy (non-hydrogen) atoms. The second-order valence-electron chi connectivity index (χ2n) is 9.06. The number of ether oxygens (including phenoxy) is 1. The van der Waals surface area contributed by atoms with Gasteiger partial charge in [-0.05, 0) is 36.2 Å². The third kappa shape index (κ3) is 4.40. The molecule has 1 saturated heterocycles. The van der Waals surface area contributed by atoms with Crippen LogP contribution in [0.1, 0.15) is 22.5 Å². The third-order valence-corrected chi connectivity index (χ3v) is 6.68. The summed E-state index contributed by atoms with van der Waals surface area (Å²) in [6.07, 6.45) is 3.29. The first-order chi connectivity index (χ1) is 17.8. The van der Waals surface area contributed by atoms with Crippen molar-refractivity contribution >= 4 is 22.4 Å². The number of fused-ring (bicyclic) bond motifs is 1. The van der Waals surface area contributed by atoms with Gasteiger partial charge in [0, 0.05) is 37.6 Å². The van der Waals surface area contributed by atoms with Crippen molar-refractivity contribution in [1.82, 2.24) is 19.7 Å². The van der Waals surface area contributed by atoms with Crippen LogP contribution in [0.5, 0.6) is 5.75 Å². The lowest BCUT2D eigenvalue weighted by atomic mass is 10.00. The molecule has 192 valence electrons. The Morgan fingerprint density at radius 3 is 2.84 bits per heavy atom. The molecule has 9 nitrogen and oxygen atoms in total. The van der Waals surface area contributed by atoms with Crippen LogP contribution >= 0.6 is 0 Å². The van der Waals surface area contributed by atoms with Crippen LogP contribution in [0.15, 0.2) is 42.7 Å². The number of rotatable bonds is 7. The maximum atomic E-state index is 15.2. The molecule has 2 aromatic carbocycles. The number of benzene rings is 2. The summed E-state index contributed by atoms with van der Waals surface area (Å²) in [7, 11) is 3.04. The van der Waals surface area contributed by atoms with Gasteiger partial charge in [0.05, 0.1) is 37.2 Å². The van der Waals surface area contributed by atoms with E-state index in [4.69, 9.17) is 10.5 Å². The van der Waals surface area contributed by atoms with Crippen molar-refractivity contribution in [2.45, 2.75) is 24.9 Å². The molecule has 4 aromatic rings.